The maximum atomic E-state index is 12.3. The third-order valence-corrected chi connectivity index (χ3v) is 3.40. The van der Waals surface area contributed by atoms with E-state index in [9.17, 15) is 19.2 Å². The minimum Gasteiger partial charge on any atom is -0.451 e. The molecule has 0 aliphatic heterocycles. The highest BCUT2D eigenvalue weighted by Gasteiger charge is 2.18. The number of aromatic amines is 1. The number of benzene rings is 1. The summed E-state index contributed by atoms with van der Waals surface area (Å²) in [5, 5.41) is 5.40. The quantitative estimate of drug-likeness (QED) is 0.731. The van der Waals surface area contributed by atoms with Gasteiger partial charge in [0.05, 0.1) is 10.8 Å². The number of H-pyrrole nitrogens is 1. The smallest absolute Gasteiger partial charge is 0.328 e. The molecule has 0 aliphatic rings. The fourth-order valence-electron chi connectivity index (χ4n) is 2.17. The van der Waals surface area contributed by atoms with Gasteiger partial charge in [-0.2, -0.15) is 0 Å². The molecule has 24 heavy (non-hydrogen) atoms. The number of carbonyl (C=O) groups is 2. The van der Waals surface area contributed by atoms with Gasteiger partial charge in [0, 0.05) is 6.54 Å². The van der Waals surface area contributed by atoms with Gasteiger partial charge in [-0.15, -0.1) is 0 Å². The molecule has 1 amide bonds. The minimum atomic E-state index is -0.980. The highest BCUT2D eigenvalue weighted by Crippen LogP contribution is 2.02. The van der Waals surface area contributed by atoms with Crippen molar-refractivity contribution in [1.29, 1.82) is 0 Å². The van der Waals surface area contributed by atoms with Crippen LogP contribution in [0.2, 0.25) is 0 Å². The molecule has 1 unspecified atom stereocenters. The van der Waals surface area contributed by atoms with Crippen molar-refractivity contribution in [1.82, 2.24) is 15.1 Å². The second kappa shape index (κ2) is 7.58. The van der Waals surface area contributed by atoms with Crippen molar-refractivity contribution in [3.63, 3.8) is 0 Å². The molecule has 0 saturated carbocycles. The number of aromatic nitrogens is 2. The first-order valence-electron chi connectivity index (χ1n) is 7.63. The second-order valence-corrected chi connectivity index (χ2v) is 5.30. The molecule has 2 rings (SSSR count). The van der Waals surface area contributed by atoms with Crippen LogP contribution < -0.4 is 16.4 Å². The number of esters is 1. The third kappa shape index (κ3) is 3.89. The zero-order chi connectivity index (χ0) is 17.7. The van der Waals surface area contributed by atoms with Crippen LogP contribution in [0.1, 0.15) is 20.3 Å². The summed E-state index contributed by atoms with van der Waals surface area (Å²) < 4.78 is 5.87. The Bertz CT molecular complexity index is 868. The van der Waals surface area contributed by atoms with Gasteiger partial charge in [-0.25, -0.2) is 4.68 Å². The monoisotopic (exact) mass is 333 g/mol. The molecule has 1 heterocycles. The number of nitrogens with zero attached hydrogens (tertiary/aromatic N) is 1. The Morgan fingerprint density at radius 1 is 1.25 bits per heavy atom. The number of amides is 1. The SMILES string of the molecule is CCCNC(=O)C(C)OC(=O)Cn1[nH]c(=O)c2ccccc2c1=O. The molecule has 2 aromatic rings. The summed E-state index contributed by atoms with van der Waals surface area (Å²) in [6.45, 7) is 3.34. The van der Waals surface area contributed by atoms with E-state index in [1.807, 2.05) is 6.92 Å². The molecule has 128 valence electrons. The molecule has 0 bridgehead atoms. The Labute approximate surface area is 137 Å². The lowest BCUT2D eigenvalue weighted by Gasteiger charge is -2.13. The Hall–Kier alpha value is -2.90. The zero-order valence-electron chi connectivity index (χ0n) is 13.5. The second-order valence-electron chi connectivity index (χ2n) is 5.30. The molecule has 0 saturated heterocycles. The van der Waals surface area contributed by atoms with Crippen molar-refractivity contribution < 1.29 is 14.3 Å². The summed E-state index contributed by atoms with van der Waals surface area (Å²) in [6.07, 6.45) is -0.216. The molecular formula is C16H19N3O5. The van der Waals surface area contributed by atoms with E-state index in [2.05, 4.69) is 10.4 Å². The number of hydrogen-bond acceptors (Lipinski definition) is 5. The fraction of sp³-hybridized carbons (Fsp3) is 0.375. The normalized spacial score (nSPS) is 11.9. The highest BCUT2D eigenvalue weighted by molar-refractivity contribution is 5.83. The van der Waals surface area contributed by atoms with E-state index in [0.717, 1.165) is 11.1 Å². The lowest BCUT2D eigenvalue weighted by atomic mass is 10.2. The highest BCUT2D eigenvalue weighted by atomic mass is 16.5. The van der Waals surface area contributed by atoms with Gasteiger partial charge < -0.3 is 10.1 Å². The summed E-state index contributed by atoms with van der Waals surface area (Å²) in [5.74, 6) is -1.20. The maximum Gasteiger partial charge on any atom is 0.328 e. The maximum absolute atomic E-state index is 12.3. The van der Waals surface area contributed by atoms with Crippen molar-refractivity contribution in [3.8, 4) is 0 Å². The van der Waals surface area contributed by atoms with Gasteiger partial charge in [-0.05, 0) is 25.5 Å². The van der Waals surface area contributed by atoms with E-state index < -0.39 is 35.6 Å². The summed E-state index contributed by atoms with van der Waals surface area (Å²) in [6, 6.07) is 6.31. The largest absolute Gasteiger partial charge is 0.451 e. The van der Waals surface area contributed by atoms with Crippen LogP contribution in [0.25, 0.3) is 10.8 Å². The Kier molecular flexibility index (Phi) is 5.51. The van der Waals surface area contributed by atoms with E-state index in [0.29, 0.717) is 6.54 Å². The van der Waals surface area contributed by atoms with Gasteiger partial charge in [0.1, 0.15) is 6.54 Å². The fourth-order valence-corrected chi connectivity index (χ4v) is 2.17. The average molecular weight is 333 g/mol. The Morgan fingerprint density at radius 3 is 2.58 bits per heavy atom. The van der Waals surface area contributed by atoms with Crippen molar-refractivity contribution in [3.05, 3.63) is 45.0 Å². The molecule has 8 nitrogen and oxygen atoms in total. The van der Waals surface area contributed by atoms with Crippen molar-refractivity contribution >= 4 is 22.6 Å². The number of ether oxygens (including phenoxy) is 1. The molecule has 1 aromatic heterocycles. The van der Waals surface area contributed by atoms with Crippen LogP contribution in [-0.4, -0.2) is 34.3 Å². The summed E-state index contributed by atoms with van der Waals surface area (Å²) in [5.41, 5.74) is -0.989. The summed E-state index contributed by atoms with van der Waals surface area (Å²) >= 11 is 0. The predicted molar refractivity (Wildman–Crippen MR) is 87.7 cm³/mol. The van der Waals surface area contributed by atoms with Crippen molar-refractivity contribution in [2.24, 2.45) is 0 Å². The number of nitrogens with one attached hydrogen (secondary N) is 2. The summed E-state index contributed by atoms with van der Waals surface area (Å²) in [7, 11) is 0. The van der Waals surface area contributed by atoms with Gasteiger partial charge in [-0.1, -0.05) is 19.1 Å². The summed E-state index contributed by atoms with van der Waals surface area (Å²) in [4.78, 5) is 47.8. The predicted octanol–water partition coefficient (Wildman–Crippen LogP) is 0.148. The van der Waals surface area contributed by atoms with Crippen LogP contribution in [0.5, 0.6) is 0 Å². The van der Waals surface area contributed by atoms with Crippen LogP contribution in [0, 0.1) is 0 Å². The number of hydrogen-bond donors (Lipinski definition) is 2. The molecule has 0 spiro atoms. The van der Waals surface area contributed by atoms with Gasteiger partial charge in [0.2, 0.25) is 0 Å². The van der Waals surface area contributed by atoms with E-state index in [-0.39, 0.29) is 10.8 Å². The van der Waals surface area contributed by atoms with Crippen LogP contribution in [0.3, 0.4) is 0 Å². The van der Waals surface area contributed by atoms with Crippen molar-refractivity contribution in [2.45, 2.75) is 32.9 Å². The lowest BCUT2D eigenvalue weighted by molar-refractivity contribution is -0.155. The molecule has 1 aromatic carbocycles. The minimum absolute atomic E-state index is 0.211. The Morgan fingerprint density at radius 2 is 1.92 bits per heavy atom. The van der Waals surface area contributed by atoms with Crippen molar-refractivity contribution in [2.75, 3.05) is 6.54 Å². The lowest BCUT2D eigenvalue weighted by Crippen LogP contribution is -2.38. The van der Waals surface area contributed by atoms with E-state index in [1.54, 1.807) is 12.1 Å². The van der Waals surface area contributed by atoms with Crippen LogP contribution in [0.15, 0.2) is 33.9 Å². The van der Waals surface area contributed by atoms with Crippen LogP contribution >= 0.6 is 0 Å². The molecule has 2 N–H and O–H groups in total. The first-order valence-corrected chi connectivity index (χ1v) is 7.63. The Balaban J connectivity index is 2.14. The number of rotatable bonds is 6. The van der Waals surface area contributed by atoms with Gasteiger partial charge in [-0.3, -0.25) is 24.3 Å². The molecule has 8 heteroatoms. The standard InChI is InChI=1S/C16H19N3O5/c1-3-8-17-14(21)10(2)24-13(20)9-19-16(23)12-7-5-4-6-11(12)15(22)18-19/h4-7,10H,3,8-9H2,1-2H3,(H,17,21)(H,18,22). The topological polar surface area (TPSA) is 110 Å². The van der Waals surface area contributed by atoms with E-state index in [4.69, 9.17) is 4.74 Å². The number of fused-ring (bicyclic) bond motifs is 1. The molecular weight excluding hydrogens is 314 g/mol. The molecule has 0 fully saturated rings. The molecule has 0 radical (unpaired) electrons. The first-order chi connectivity index (χ1) is 11.4. The van der Waals surface area contributed by atoms with Crippen LogP contribution in [-0.2, 0) is 20.9 Å². The number of carbonyl (C=O) groups excluding carboxylic acids is 2. The van der Waals surface area contributed by atoms with Crippen LogP contribution in [0.4, 0.5) is 0 Å². The van der Waals surface area contributed by atoms with Gasteiger partial charge in [0.15, 0.2) is 6.10 Å². The third-order valence-electron chi connectivity index (χ3n) is 3.40. The van der Waals surface area contributed by atoms with E-state index in [1.165, 1.54) is 19.1 Å². The first kappa shape index (κ1) is 17.5. The zero-order valence-corrected chi connectivity index (χ0v) is 13.5. The van der Waals surface area contributed by atoms with E-state index >= 15 is 0 Å². The average Bonchev–Trinajstić information content (AvgIpc) is 2.57. The van der Waals surface area contributed by atoms with Gasteiger partial charge >= 0.3 is 5.97 Å². The molecule has 1 atom stereocenters. The van der Waals surface area contributed by atoms with Gasteiger partial charge in [0.25, 0.3) is 17.0 Å². The molecule has 0 aliphatic carbocycles.